The highest BCUT2D eigenvalue weighted by molar-refractivity contribution is 6.28. The minimum absolute atomic E-state index is 0.0683. The predicted molar refractivity (Wildman–Crippen MR) is 233 cm³/mol. The first-order valence-corrected chi connectivity index (χ1v) is 19.2. The number of benzene rings is 9. The molecule has 10 aromatic rings. The molecule has 1 aliphatic carbocycles. The number of rotatable bonds is 5. The normalized spacial score (nSPS) is 13.1. The number of fused-ring (bicyclic) bond motifs is 10. The molecule has 0 bridgehead atoms. The van der Waals surface area contributed by atoms with Crippen molar-refractivity contribution in [2.75, 3.05) is 4.90 Å². The van der Waals surface area contributed by atoms with Crippen LogP contribution in [0.1, 0.15) is 25.0 Å². The monoisotopic (exact) mass is 702 g/mol. The average molecular weight is 703 g/mol. The Labute approximate surface area is 321 Å². The molecule has 0 saturated carbocycles. The molecule has 0 radical (unpaired) electrons. The molecule has 2 heteroatoms. The Hall–Kier alpha value is -6.90. The lowest BCUT2D eigenvalue weighted by molar-refractivity contribution is 0.660. The second-order valence-electron chi connectivity index (χ2n) is 15.4. The van der Waals surface area contributed by atoms with E-state index in [0.717, 1.165) is 22.7 Å². The van der Waals surface area contributed by atoms with Crippen molar-refractivity contribution in [1.82, 2.24) is 4.57 Å². The Bertz CT molecular complexity index is 3000. The van der Waals surface area contributed by atoms with Crippen molar-refractivity contribution >= 4 is 60.4 Å². The van der Waals surface area contributed by atoms with Gasteiger partial charge in [-0.25, -0.2) is 0 Å². The van der Waals surface area contributed by atoms with Gasteiger partial charge in [0.2, 0.25) is 0 Å². The van der Waals surface area contributed by atoms with Crippen molar-refractivity contribution in [3.63, 3.8) is 0 Å². The topological polar surface area (TPSA) is 8.17 Å². The lowest BCUT2D eigenvalue weighted by Crippen LogP contribution is -2.16. The Balaban J connectivity index is 0.983. The minimum Gasteiger partial charge on any atom is -0.310 e. The number of hydrogen-bond donors (Lipinski definition) is 0. The number of aromatic nitrogens is 1. The Morgan fingerprint density at radius 2 is 0.909 bits per heavy atom. The highest BCUT2D eigenvalue weighted by Crippen LogP contribution is 2.50. The van der Waals surface area contributed by atoms with Gasteiger partial charge in [0.1, 0.15) is 0 Å². The van der Waals surface area contributed by atoms with E-state index in [1.165, 1.54) is 76.7 Å². The fraction of sp³-hybridized carbons (Fsp3) is 0.0566. The smallest absolute Gasteiger partial charge is 0.0547 e. The zero-order chi connectivity index (χ0) is 36.7. The third kappa shape index (κ3) is 4.81. The molecule has 0 saturated heterocycles. The minimum atomic E-state index is -0.0683. The van der Waals surface area contributed by atoms with E-state index in [1.54, 1.807) is 0 Å². The van der Waals surface area contributed by atoms with Gasteiger partial charge in [-0.05, 0) is 116 Å². The van der Waals surface area contributed by atoms with Gasteiger partial charge >= 0.3 is 0 Å². The van der Waals surface area contributed by atoms with E-state index in [1.807, 2.05) is 0 Å². The molecule has 0 aliphatic heterocycles. The third-order valence-corrected chi connectivity index (χ3v) is 12.0. The molecule has 55 heavy (non-hydrogen) atoms. The Kier molecular flexibility index (Phi) is 6.93. The van der Waals surface area contributed by atoms with E-state index in [9.17, 15) is 0 Å². The largest absolute Gasteiger partial charge is 0.310 e. The summed E-state index contributed by atoms with van der Waals surface area (Å²) in [6.45, 7) is 4.69. The highest BCUT2D eigenvalue weighted by Gasteiger charge is 2.35. The summed E-state index contributed by atoms with van der Waals surface area (Å²) in [7, 11) is 0. The van der Waals surface area contributed by atoms with Gasteiger partial charge in [-0.1, -0.05) is 147 Å². The van der Waals surface area contributed by atoms with Crippen LogP contribution >= 0.6 is 0 Å². The fourth-order valence-electron chi connectivity index (χ4n) is 9.29. The molecule has 11 rings (SSSR count). The zero-order valence-electron chi connectivity index (χ0n) is 30.9. The number of para-hydroxylation sites is 1. The molecule has 2 nitrogen and oxygen atoms in total. The van der Waals surface area contributed by atoms with Gasteiger partial charge in [0, 0.05) is 38.9 Å². The third-order valence-electron chi connectivity index (χ3n) is 12.0. The summed E-state index contributed by atoms with van der Waals surface area (Å²) in [6, 6.07) is 71.2. The maximum absolute atomic E-state index is 2.44. The van der Waals surface area contributed by atoms with Crippen LogP contribution in [-0.4, -0.2) is 4.57 Å². The van der Waals surface area contributed by atoms with E-state index in [0.29, 0.717) is 0 Å². The van der Waals surface area contributed by atoms with Crippen LogP contribution in [0.15, 0.2) is 194 Å². The Morgan fingerprint density at radius 3 is 1.56 bits per heavy atom. The van der Waals surface area contributed by atoms with Crippen molar-refractivity contribution in [3.05, 3.63) is 205 Å². The first-order chi connectivity index (χ1) is 27.0. The first-order valence-electron chi connectivity index (χ1n) is 19.2. The van der Waals surface area contributed by atoms with E-state index in [4.69, 9.17) is 0 Å². The van der Waals surface area contributed by atoms with E-state index in [2.05, 4.69) is 217 Å². The van der Waals surface area contributed by atoms with Crippen molar-refractivity contribution in [2.24, 2.45) is 0 Å². The number of nitrogens with zero attached hydrogens (tertiary/aromatic N) is 2. The summed E-state index contributed by atoms with van der Waals surface area (Å²) in [6.07, 6.45) is 0. The van der Waals surface area contributed by atoms with Crippen molar-refractivity contribution in [3.8, 4) is 27.9 Å². The standard InChI is InChI=1S/C53H38N2/c1-53(2)47-19-11-10-18-45(47)46-31-30-42(34-48(46)53)54(39-14-4-3-5-15-39)40-26-20-35(21-27-40)36-22-28-41(29-23-36)55-49-32-24-37-12-6-8-16-43(37)51(49)52-44-17-9-7-13-38(44)25-33-50(52)55/h3-34H,1-2H3. The van der Waals surface area contributed by atoms with E-state index < -0.39 is 0 Å². The lowest BCUT2D eigenvalue weighted by Gasteiger charge is -2.28. The maximum atomic E-state index is 2.44. The molecule has 1 aromatic heterocycles. The predicted octanol–water partition coefficient (Wildman–Crippen LogP) is 14.5. The molecule has 1 aliphatic rings. The summed E-state index contributed by atoms with van der Waals surface area (Å²) in [5.74, 6) is 0. The zero-order valence-corrected chi connectivity index (χ0v) is 30.9. The molecule has 0 fully saturated rings. The van der Waals surface area contributed by atoms with E-state index >= 15 is 0 Å². The summed E-state index contributed by atoms with van der Waals surface area (Å²) in [4.78, 5) is 2.38. The Morgan fingerprint density at radius 1 is 0.400 bits per heavy atom. The molecule has 1 heterocycles. The summed E-state index contributed by atoms with van der Waals surface area (Å²) >= 11 is 0. The van der Waals surface area contributed by atoms with Crippen LogP contribution in [-0.2, 0) is 5.41 Å². The molecule has 0 amide bonds. The van der Waals surface area contributed by atoms with Gasteiger partial charge < -0.3 is 9.47 Å². The molecular formula is C53H38N2. The highest BCUT2D eigenvalue weighted by atomic mass is 15.1. The van der Waals surface area contributed by atoms with Gasteiger partial charge in [0.15, 0.2) is 0 Å². The van der Waals surface area contributed by atoms with Crippen LogP contribution in [0.3, 0.4) is 0 Å². The SMILES string of the molecule is CC1(C)c2ccccc2-c2ccc(N(c3ccccc3)c3ccc(-c4ccc(-n5c6ccc7ccccc7c6c6c7ccccc7ccc65)cc4)cc3)cc21. The van der Waals surface area contributed by atoms with Gasteiger partial charge in [-0.2, -0.15) is 0 Å². The van der Waals surface area contributed by atoms with Gasteiger partial charge in [0.25, 0.3) is 0 Å². The number of anilines is 3. The molecule has 9 aromatic carbocycles. The van der Waals surface area contributed by atoms with Crippen LogP contribution in [0, 0.1) is 0 Å². The van der Waals surface area contributed by atoms with Gasteiger partial charge in [0.05, 0.1) is 11.0 Å². The lowest BCUT2D eigenvalue weighted by atomic mass is 9.82. The van der Waals surface area contributed by atoms with Crippen LogP contribution in [0.2, 0.25) is 0 Å². The van der Waals surface area contributed by atoms with E-state index in [-0.39, 0.29) is 5.41 Å². The molecule has 260 valence electrons. The van der Waals surface area contributed by atoms with Crippen molar-refractivity contribution < 1.29 is 0 Å². The molecule has 0 N–H and O–H groups in total. The maximum Gasteiger partial charge on any atom is 0.0547 e. The number of hydrogen-bond acceptors (Lipinski definition) is 1. The summed E-state index contributed by atoms with van der Waals surface area (Å²) in [5, 5.41) is 7.72. The van der Waals surface area contributed by atoms with Crippen LogP contribution in [0.4, 0.5) is 17.1 Å². The summed E-state index contributed by atoms with van der Waals surface area (Å²) in [5.41, 5.74) is 14.8. The van der Waals surface area contributed by atoms with Crippen LogP contribution in [0.5, 0.6) is 0 Å². The molecular weight excluding hydrogens is 665 g/mol. The second kappa shape index (κ2) is 12.1. The fourth-order valence-corrected chi connectivity index (χ4v) is 9.29. The second-order valence-corrected chi connectivity index (χ2v) is 15.4. The average Bonchev–Trinajstić information content (AvgIpc) is 3.71. The van der Waals surface area contributed by atoms with Crippen molar-refractivity contribution in [2.45, 2.75) is 19.3 Å². The molecule has 0 atom stereocenters. The van der Waals surface area contributed by atoms with Crippen LogP contribution < -0.4 is 4.90 Å². The quantitative estimate of drug-likeness (QED) is 0.173. The molecule has 0 spiro atoms. The van der Waals surface area contributed by atoms with Crippen LogP contribution in [0.25, 0.3) is 71.3 Å². The summed E-state index contributed by atoms with van der Waals surface area (Å²) < 4.78 is 2.44. The van der Waals surface area contributed by atoms with Crippen molar-refractivity contribution in [1.29, 1.82) is 0 Å². The first kappa shape index (κ1) is 31.6. The van der Waals surface area contributed by atoms with Gasteiger partial charge in [-0.3, -0.25) is 0 Å². The molecule has 0 unspecified atom stereocenters. The van der Waals surface area contributed by atoms with Gasteiger partial charge in [-0.15, -0.1) is 0 Å².